The molecule has 41 heavy (non-hydrogen) atoms. The second kappa shape index (κ2) is 11.7. The molecule has 0 saturated carbocycles. The lowest BCUT2D eigenvalue weighted by molar-refractivity contribution is 0.0696. The third-order valence-corrected chi connectivity index (χ3v) is 8.98. The first-order valence-corrected chi connectivity index (χ1v) is 15.7. The Labute approximate surface area is 233 Å². The lowest BCUT2D eigenvalue weighted by atomic mass is 10.2. The molecule has 0 radical (unpaired) electrons. The number of aromatic carboxylic acids is 1. The average molecular weight is 627 g/mol. The molecule has 3 aromatic rings. The molecule has 0 aliphatic heterocycles. The van der Waals surface area contributed by atoms with Gasteiger partial charge in [-0.15, -0.1) is 15.3 Å². The molecule has 7 N–H and O–H groups in total. The Morgan fingerprint density at radius 1 is 0.756 bits per heavy atom. The molecule has 3 aromatic carbocycles. The number of nitrogens with two attached hydrogens (primary N) is 2. The summed E-state index contributed by atoms with van der Waals surface area (Å²) in [5.74, 6) is -1.48. The zero-order chi connectivity index (χ0) is 30.8. The molecule has 0 spiro atoms. The summed E-state index contributed by atoms with van der Waals surface area (Å²) in [7, 11) is -13.9. The fourth-order valence-electron chi connectivity index (χ4n) is 3.32. The van der Waals surface area contributed by atoms with Gasteiger partial charge in [0, 0.05) is 0 Å². The predicted molar refractivity (Wildman–Crippen MR) is 145 cm³/mol. The maximum atomic E-state index is 12.4. The summed E-state index contributed by atoms with van der Waals surface area (Å²) in [6, 6.07) is 8.43. The van der Waals surface area contributed by atoms with Crippen LogP contribution in [0.4, 0.5) is 34.1 Å². The Hall–Kier alpha value is -4.30. The summed E-state index contributed by atoms with van der Waals surface area (Å²) in [5, 5.41) is 24.0. The molecule has 0 bridgehead atoms. The van der Waals surface area contributed by atoms with Crippen molar-refractivity contribution in [1.29, 1.82) is 0 Å². The standard InChI is InChI=1S/C22H22N6O10S3/c1-2-9-39(31,32)14-7-8-15(17(10-14)40(33,34)35)26-27-16-11-18(41(36,37)38)20(24)21(19(16)23)28-25-13-5-3-12(4-6-13)22(29)30/h3-8,10-11H,2,9,23-24H2,1H3,(H,29,30)(H,33,34,35)(H,36,37,38). The van der Waals surface area contributed by atoms with Gasteiger partial charge >= 0.3 is 5.97 Å². The Morgan fingerprint density at radius 3 is 1.88 bits per heavy atom. The largest absolute Gasteiger partial charge is 0.478 e. The Bertz CT molecular complexity index is 1910. The van der Waals surface area contributed by atoms with Gasteiger partial charge in [0.2, 0.25) is 0 Å². The van der Waals surface area contributed by atoms with E-state index in [1.165, 1.54) is 24.3 Å². The van der Waals surface area contributed by atoms with Crippen LogP contribution < -0.4 is 11.5 Å². The number of anilines is 2. The van der Waals surface area contributed by atoms with Gasteiger partial charge in [-0.1, -0.05) is 6.92 Å². The van der Waals surface area contributed by atoms with Crippen molar-refractivity contribution < 1.29 is 44.3 Å². The molecule has 3 rings (SSSR count). The van der Waals surface area contributed by atoms with Crippen molar-refractivity contribution in [3.63, 3.8) is 0 Å². The Balaban J connectivity index is 2.16. The second-order valence-electron chi connectivity index (χ2n) is 8.22. The monoisotopic (exact) mass is 626 g/mol. The minimum absolute atomic E-state index is 0.0423. The van der Waals surface area contributed by atoms with Crippen molar-refractivity contribution in [3.8, 4) is 0 Å². The molecule has 19 heteroatoms. The first-order valence-electron chi connectivity index (χ1n) is 11.2. The van der Waals surface area contributed by atoms with Crippen molar-refractivity contribution in [1.82, 2.24) is 0 Å². The van der Waals surface area contributed by atoms with Crippen LogP contribution in [0, 0.1) is 0 Å². The third kappa shape index (κ3) is 7.27. The van der Waals surface area contributed by atoms with Gasteiger partial charge in [0.15, 0.2) is 9.84 Å². The SMILES string of the molecule is CCCS(=O)(=O)c1ccc(N=Nc2cc(S(=O)(=O)O)c(N)c(N=Nc3ccc(C(=O)O)cc3)c2N)c(S(=O)(=O)O)c1. The van der Waals surface area contributed by atoms with E-state index in [0.29, 0.717) is 6.07 Å². The minimum atomic E-state index is -5.02. The molecule has 0 atom stereocenters. The number of carboxylic acid groups (broad SMARTS) is 1. The number of hydrogen-bond acceptors (Lipinski definition) is 13. The highest BCUT2D eigenvalue weighted by molar-refractivity contribution is 7.91. The number of carboxylic acids is 1. The fraction of sp³-hybridized carbons (Fsp3) is 0.136. The van der Waals surface area contributed by atoms with E-state index in [9.17, 15) is 39.2 Å². The number of sulfone groups is 1. The molecule has 0 aliphatic carbocycles. The van der Waals surface area contributed by atoms with Crippen LogP contribution in [-0.4, -0.2) is 51.2 Å². The molecule has 0 fully saturated rings. The fourth-order valence-corrected chi connectivity index (χ4v) is 6.02. The molecule has 0 aliphatic rings. The molecular formula is C22H22N6O10S3. The zero-order valence-corrected chi connectivity index (χ0v) is 23.4. The van der Waals surface area contributed by atoms with Crippen LogP contribution in [0.15, 0.2) is 83.7 Å². The number of benzene rings is 3. The maximum Gasteiger partial charge on any atom is 0.335 e. The molecule has 0 heterocycles. The van der Waals surface area contributed by atoms with Crippen molar-refractivity contribution >= 4 is 70.2 Å². The van der Waals surface area contributed by atoms with E-state index in [-0.39, 0.29) is 23.4 Å². The summed E-state index contributed by atoms with van der Waals surface area (Å²) < 4.78 is 91.9. The molecule has 0 saturated heterocycles. The number of rotatable bonds is 10. The van der Waals surface area contributed by atoms with E-state index in [4.69, 9.17) is 16.6 Å². The topological polar surface area (TPSA) is 282 Å². The smallest absolute Gasteiger partial charge is 0.335 e. The first-order chi connectivity index (χ1) is 19.0. The number of hydrogen-bond donors (Lipinski definition) is 5. The molecule has 0 unspecified atom stereocenters. The van der Waals surface area contributed by atoms with Crippen LogP contribution in [0.3, 0.4) is 0 Å². The third-order valence-electron chi connectivity index (χ3n) is 5.28. The lowest BCUT2D eigenvalue weighted by Crippen LogP contribution is -2.08. The van der Waals surface area contributed by atoms with Crippen molar-refractivity contribution in [2.75, 3.05) is 17.2 Å². The molecule has 0 aromatic heterocycles. The van der Waals surface area contributed by atoms with Gasteiger partial charge in [0.25, 0.3) is 20.2 Å². The number of carbonyl (C=O) groups is 1. The molecule has 16 nitrogen and oxygen atoms in total. The Morgan fingerprint density at radius 2 is 1.34 bits per heavy atom. The van der Waals surface area contributed by atoms with Crippen LogP contribution in [0.2, 0.25) is 0 Å². The van der Waals surface area contributed by atoms with Crippen molar-refractivity contribution in [3.05, 3.63) is 54.1 Å². The normalized spacial score (nSPS) is 12.8. The van der Waals surface area contributed by atoms with Crippen LogP contribution in [0.25, 0.3) is 0 Å². The van der Waals surface area contributed by atoms with E-state index in [1.54, 1.807) is 6.92 Å². The highest BCUT2D eigenvalue weighted by Gasteiger charge is 2.24. The van der Waals surface area contributed by atoms with Crippen molar-refractivity contribution in [2.45, 2.75) is 28.0 Å². The quantitative estimate of drug-likeness (QED) is 0.121. The Kier molecular flexibility index (Phi) is 8.89. The van der Waals surface area contributed by atoms with Crippen LogP contribution in [0.5, 0.6) is 0 Å². The number of nitrogen functional groups attached to an aromatic ring is 2. The van der Waals surface area contributed by atoms with Gasteiger partial charge in [0.05, 0.1) is 33.3 Å². The van der Waals surface area contributed by atoms with Crippen LogP contribution in [0.1, 0.15) is 23.7 Å². The predicted octanol–water partition coefficient (Wildman–Crippen LogP) is 4.06. The van der Waals surface area contributed by atoms with Crippen LogP contribution >= 0.6 is 0 Å². The summed E-state index contributed by atoms with van der Waals surface area (Å²) in [5.41, 5.74) is 9.42. The molecule has 218 valence electrons. The van der Waals surface area contributed by atoms with E-state index < -0.39 is 79.2 Å². The summed E-state index contributed by atoms with van der Waals surface area (Å²) in [6.45, 7) is 1.60. The highest BCUT2D eigenvalue weighted by atomic mass is 32.2. The van der Waals surface area contributed by atoms with Gasteiger partial charge in [0.1, 0.15) is 26.9 Å². The minimum Gasteiger partial charge on any atom is -0.478 e. The van der Waals surface area contributed by atoms with Gasteiger partial charge in [-0.2, -0.15) is 21.9 Å². The van der Waals surface area contributed by atoms with Gasteiger partial charge in [-0.25, -0.2) is 13.2 Å². The van der Waals surface area contributed by atoms with Gasteiger partial charge in [-0.3, -0.25) is 9.11 Å². The number of nitrogens with zero attached hydrogens (tertiary/aromatic N) is 4. The number of azo groups is 2. The van der Waals surface area contributed by atoms with E-state index in [0.717, 1.165) is 18.2 Å². The van der Waals surface area contributed by atoms with E-state index >= 15 is 0 Å². The van der Waals surface area contributed by atoms with Gasteiger partial charge in [-0.05, 0) is 55.0 Å². The summed E-state index contributed by atoms with van der Waals surface area (Å²) >= 11 is 0. The first kappa shape index (κ1) is 31.2. The lowest BCUT2D eigenvalue weighted by Gasteiger charge is -2.11. The van der Waals surface area contributed by atoms with Crippen molar-refractivity contribution in [2.24, 2.45) is 20.5 Å². The molecule has 0 amide bonds. The van der Waals surface area contributed by atoms with E-state index in [1.807, 2.05) is 0 Å². The zero-order valence-electron chi connectivity index (χ0n) is 20.9. The molecular weight excluding hydrogens is 604 g/mol. The maximum absolute atomic E-state index is 12.4. The highest BCUT2D eigenvalue weighted by Crippen LogP contribution is 2.43. The second-order valence-corrected chi connectivity index (χ2v) is 13.1. The average Bonchev–Trinajstić information content (AvgIpc) is 2.87. The summed E-state index contributed by atoms with van der Waals surface area (Å²) in [4.78, 5) is 8.81. The van der Waals surface area contributed by atoms with E-state index in [2.05, 4.69) is 20.5 Å². The summed E-state index contributed by atoms with van der Waals surface area (Å²) in [6.07, 6.45) is 0.241. The van der Waals surface area contributed by atoms with Gasteiger partial charge < -0.3 is 16.6 Å². The van der Waals surface area contributed by atoms with Crippen LogP contribution in [-0.2, 0) is 30.1 Å².